The molecule has 49 heavy (non-hydrogen) atoms. The number of anilines is 3. The maximum absolute atomic E-state index is 14.8. The number of imidazole rings is 1. The lowest BCUT2D eigenvalue weighted by molar-refractivity contribution is -0.134. The molecular formula is C38H45FN8O2. The minimum atomic E-state index is -0.639. The highest BCUT2D eigenvalue weighted by Gasteiger charge is 2.56. The highest BCUT2D eigenvalue weighted by Crippen LogP contribution is 2.52. The van der Waals surface area contributed by atoms with Gasteiger partial charge in [-0.3, -0.25) is 19.5 Å². The van der Waals surface area contributed by atoms with Crippen LogP contribution < -0.4 is 10.2 Å². The molecule has 8 rings (SSSR count). The van der Waals surface area contributed by atoms with Crippen LogP contribution in [0.1, 0.15) is 78.3 Å². The average Bonchev–Trinajstić information content (AvgIpc) is 3.71. The summed E-state index contributed by atoms with van der Waals surface area (Å²) in [5.41, 5.74) is 5.06. The fraction of sp³-hybridized carbons (Fsp3) is 0.500. The van der Waals surface area contributed by atoms with Crippen molar-refractivity contribution in [3.05, 3.63) is 60.4 Å². The lowest BCUT2D eigenvalue weighted by Crippen LogP contribution is -2.57. The van der Waals surface area contributed by atoms with E-state index >= 15 is 0 Å². The van der Waals surface area contributed by atoms with Crippen LogP contribution >= 0.6 is 0 Å². The van der Waals surface area contributed by atoms with E-state index in [0.717, 1.165) is 53.8 Å². The van der Waals surface area contributed by atoms with Crippen molar-refractivity contribution in [1.29, 1.82) is 0 Å². The molecule has 10 nitrogen and oxygen atoms in total. The summed E-state index contributed by atoms with van der Waals surface area (Å²) in [5, 5.41) is 3.22. The van der Waals surface area contributed by atoms with Crippen molar-refractivity contribution in [3.8, 4) is 11.3 Å². The lowest BCUT2D eigenvalue weighted by Gasteiger charge is -2.46. The van der Waals surface area contributed by atoms with Gasteiger partial charge in [-0.1, -0.05) is 26.0 Å². The number of rotatable bonds is 6. The van der Waals surface area contributed by atoms with Gasteiger partial charge >= 0.3 is 0 Å². The third kappa shape index (κ3) is 5.28. The summed E-state index contributed by atoms with van der Waals surface area (Å²) in [5.74, 6) is 0.256. The number of nitrogens with zero attached hydrogens (tertiary/aromatic N) is 7. The second kappa shape index (κ2) is 11.6. The summed E-state index contributed by atoms with van der Waals surface area (Å²) >= 11 is 0. The molecule has 3 aromatic heterocycles. The molecule has 11 heteroatoms. The summed E-state index contributed by atoms with van der Waals surface area (Å²) < 4.78 is 16.8. The number of amides is 2. The van der Waals surface area contributed by atoms with Crippen molar-refractivity contribution in [2.75, 3.05) is 36.4 Å². The zero-order chi connectivity index (χ0) is 34.2. The van der Waals surface area contributed by atoms with Crippen LogP contribution in [0.3, 0.4) is 0 Å². The number of hydrogen-bond donors (Lipinski definition) is 1. The smallest absolute Gasteiger partial charge is 0.238 e. The van der Waals surface area contributed by atoms with Crippen LogP contribution in [0.4, 0.5) is 21.6 Å². The van der Waals surface area contributed by atoms with Gasteiger partial charge in [0.15, 0.2) is 11.6 Å². The van der Waals surface area contributed by atoms with Crippen LogP contribution in [-0.4, -0.2) is 79.4 Å². The number of nitrogens with one attached hydrogen (secondary N) is 1. The van der Waals surface area contributed by atoms with E-state index in [1.807, 2.05) is 15.5 Å². The van der Waals surface area contributed by atoms with Gasteiger partial charge in [-0.05, 0) is 81.7 Å². The first kappa shape index (κ1) is 31.9. The summed E-state index contributed by atoms with van der Waals surface area (Å²) in [7, 11) is 0. The minimum Gasteiger partial charge on any atom is -0.343 e. The summed E-state index contributed by atoms with van der Waals surface area (Å²) in [6.45, 7) is 13.8. The molecule has 0 unspecified atom stereocenters. The quantitative estimate of drug-likeness (QED) is 0.253. The van der Waals surface area contributed by atoms with Crippen molar-refractivity contribution < 1.29 is 14.0 Å². The van der Waals surface area contributed by atoms with Gasteiger partial charge in [0.05, 0.1) is 34.8 Å². The number of aromatic nitrogens is 4. The predicted molar refractivity (Wildman–Crippen MR) is 188 cm³/mol. The van der Waals surface area contributed by atoms with Crippen LogP contribution in [0.2, 0.25) is 0 Å². The van der Waals surface area contributed by atoms with Crippen molar-refractivity contribution in [2.45, 2.75) is 90.3 Å². The Labute approximate surface area is 286 Å². The van der Waals surface area contributed by atoms with Gasteiger partial charge in [0, 0.05) is 62.1 Å². The fourth-order valence-electron chi connectivity index (χ4n) is 8.62. The van der Waals surface area contributed by atoms with Gasteiger partial charge < -0.3 is 19.7 Å². The molecule has 3 aliphatic heterocycles. The third-order valence-electron chi connectivity index (χ3n) is 11.6. The van der Waals surface area contributed by atoms with Crippen molar-refractivity contribution >= 4 is 40.0 Å². The summed E-state index contributed by atoms with van der Waals surface area (Å²) in [6, 6.07) is 10.6. The maximum atomic E-state index is 14.8. The zero-order valence-corrected chi connectivity index (χ0v) is 29.0. The molecule has 2 amide bonds. The Bertz CT molecular complexity index is 1960. The van der Waals surface area contributed by atoms with Gasteiger partial charge in [-0.2, -0.15) is 0 Å². The highest BCUT2D eigenvalue weighted by atomic mass is 19.1. The first-order valence-electron chi connectivity index (χ1n) is 17.7. The molecule has 3 fully saturated rings. The van der Waals surface area contributed by atoms with E-state index < -0.39 is 11.2 Å². The van der Waals surface area contributed by atoms with Gasteiger partial charge in [-0.15, -0.1) is 0 Å². The Balaban J connectivity index is 1.19. The van der Waals surface area contributed by atoms with E-state index in [9.17, 15) is 14.0 Å². The molecule has 1 aliphatic carbocycles. The molecule has 256 valence electrons. The molecule has 1 saturated carbocycles. The Morgan fingerprint density at radius 3 is 2.49 bits per heavy atom. The summed E-state index contributed by atoms with van der Waals surface area (Å²) in [6.07, 6.45) is 8.89. The number of fused-ring (bicyclic) bond motifs is 3. The Hall–Kier alpha value is -4.38. The zero-order valence-electron chi connectivity index (χ0n) is 29.0. The monoisotopic (exact) mass is 664 g/mol. The molecule has 6 heterocycles. The number of carbonyl (C=O) groups excluding carboxylic acids is 2. The molecule has 0 radical (unpaired) electrons. The normalized spacial score (nSPS) is 23.0. The van der Waals surface area contributed by atoms with Gasteiger partial charge in [0.25, 0.3) is 0 Å². The van der Waals surface area contributed by atoms with Crippen LogP contribution in [0.15, 0.2) is 49.1 Å². The first-order valence-corrected chi connectivity index (χ1v) is 17.7. The Morgan fingerprint density at radius 2 is 1.82 bits per heavy atom. The summed E-state index contributed by atoms with van der Waals surface area (Å²) in [4.78, 5) is 47.2. The lowest BCUT2D eigenvalue weighted by atomic mass is 9.73. The Kier molecular flexibility index (Phi) is 7.55. The third-order valence-corrected chi connectivity index (χ3v) is 11.6. The number of likely N-dealkylation sites (tertiary alicyclic amines) is 2. The van der Waals surface area contributed by atoms with E-state index in [1.54, 1.807) is 25.5 Å². The standard InChI is InChI=1S/C38H45FN8O2/c1-23(2)46-22-41-32-19-31(43-35(34(32)46)42-30-8-12-40-20-29(30)39)25-6-7-28-33(16-25)47(27-17-26(18-27)45-13-9-37(4,5)21-45)36(49)38(28)10-14-44(15-11-38)24(3)48/h6-8,12,16,19-20,22-23,26-27H,9-11,13-15,17-18,21H2,1-5H3,(H,40,42,43)/t26-,27+. The van der Waals surface area contributed by atoms with Crippen molar-refractivity contribution in [2.24, 2.45) is 5.41 Å². The second-order valence-corrected chi connectivity index (χ2v) is 15.6. The average molecular weight is 665 g/mol. The molecule has 4 aromatic rings. The van der Waals surface area contributed by atoms with Crippen LogP contribution in [0, 0.1) is 11.2 Å². The number of hydrogen-bond acceptors (Lipinski definition) is 7. The van der Waals surface area contributed by atoms with Crippen LogP contribution in [0.25, 0.3) is 22.3 Å². The number of carbonyl (C=O) groups is 2. The number of piperidine rings is 1. The molecular weight excluding hydrogens is 619 g/mol. The molecule has 1 N–H and O–H groups in total. The topological polar surface area (TPSA) is 99.5 Å². The second-order valence-electron chi connectivity index (χ2n) is 15.6. The van der Waals surface area contributed by atoms with E-state index in [-0.39, 0.29) is 29.6 Å². The molecule has 2 saturated heterocycles. The molecule has 1 spiro atoms. The predicted octanol–water partition coefficient (Wildman–Crippen LogP) is 6.45. The number of pyridine rings is 2. The van der Waals surface area contributed by atoms with E-state index in [4.69, 9.17) is 9.97 Å². The molecule has 0 atom stereocenters. The minimum absolute atomic E-state index is 0.0560. The molecule has 0 bridgehead atoms. The van der Waals surface area contributed by atoms with Crippen LogP contribution in [-0.2, 0) is 15.0 Å². The number of halogens is 1. The van der Waals surface area contributed by atoms with Gasteiger partial charge in [0.2, 0.25) is 11.8 Å². The molecule has 4 aliphatic rings. The van der Waals surface area contributed by atoms with E-state index in [0.29, 0.717) is 48.9 Å². The Morgan fingerprint density at radius 1 is 1.04 bits per heavy atom. The largest absolute Gasteiger partial charge is 0.343 e. The van der Waals surface area contributed by atoms with E-state index in [1.165, 1.54) is 12.6 Å². The molecule has 1 aromatic carbocycles. The van der Waals surface area contributed by atoms with Gasteiger partial charge in [-0.25, -0.2) is 14.4 Å². The number of benzene rings is 1. The van der Waals surface area contributed by atoms with E-state index in [2.05, 4.69) is 66.0 Å². The van der Waals surface area contributed by atoms with Crippen LogP contribution in [0.5, 0.6) is 0 Å². The highest BCUT2D eigenvalue weighted by molar-refractivity contribution is 6.09. The van der Waals surface area contributed by atoms with Crippen molar-refractivity contribution in [3.63, 3.8) is 0 Å². The first-order chi connectivity index (χ1) is 23.4. The fourth-order valence-corrected chi connectivity index (χ4v) is 8.62. The van der Waals surface area contributed by atoms with Crippen molar-refractivity contribution in [1.82, 2.24) is 29.3 Å². The maximum Gasteiger partial charge on any atom is 0.238 e. The SMILES string of the molecule is CC(=O)N1CCC2(CC1)C(=O)N([C@H]1C[C@@H](N3CCC(C)(C)C3)C1)c1cc(-c3cc4ncn(C(C)C)c4c(Nc4ccncc4F)n3)ccc12. The van der Waals surface area contributed by atoms with Gasteiger partial charge in [0.1, 0.15) is 5.52 Å².